The Morgan fingerprint density at radius 2 is 2.00 bits per heavy atom. The molecule has 26 heavy (non-hydrogen) atoms. The van der Waals surface area contributed by atoms with E-state index in [9.17, 15) is 4.79 Å². The molecule has 0 saturated heterocycles. The number of rotatable bonds is 4. The zero-order valence-electron chi connectivity index (χ0n) is 14.4. The average Bonchev–Trinajstić information content (AvgIpc) is 3.23. The van der Waals surface area contributed by atoms with Gasteiger partial charge in [0.1, 0.15) is 17.5 Å². The van der Waals surface area contributed by atoms with Crippen molar-refractivity contribution in [2.45, 2.75) is 19.7 Å². The Kier molecular flexibility index (Phi) is 4.42. The molecule has 0 bridgehead atoms. The van der Waals surface area contributed by atoms with Gasteiger partial charge in [-0.15, -0.1) is 5.10 Å². The topological polar surface area (TPSA) is 52.3 Å². The maximum Gasteiger partial charge on any atom is 0.270 e. The number of ether oxygens (including phenoxy) is 1. The number of nitrogens with zero attached hydrogens (tertiary/aromatic N) is 4. The number of hydrogen-bond donors (Lipinski definition) is 0. The van der Waals surface area contributed by atoms with Crippen LogP contribution in [-0.2, 0) is 26.7 Å². The SMILES string of the molecule is Cn1c(Cl)ccc1C(=O)N1CCn2nc(OCc3ccccc3)cc2C1. The van der Waals surface area contributed by atoms with Crippen molar-refractivity contribution in [3.8, 4) is 5.88 Å². The van der Waals surface area contributed by atoms with Gasteiger partial charge in [-0.2, -0.15) is 0 Å². The van der Waals surface area contributed by atoms with Gasteiger partial charge < -0.3 is 14.2 Å². The lowest BCUT2D eigenvalue weighted by atomic mass is 10.2. The third-order valence-electron chi connectivity index (χ3n) is 4.57. The van der Waals surface area contributed by atoms with E-state index >= 15 is 0 Å². The molecule has 3 heterocycles. The van der Waals surface area contributed by atoms with Crippen molar-refractivity contribution in [1.29, 1.82) is 0 Å². The van der Waals surface area contributed by atoms with Crippen LogP contribution in [0.2, 0.25) is 5.15 Å². The summed E-state index contributed by atoms with van der Waals surface area (Å²) in [5, 5.41) is 5.03. The van der Waals surface area contributed by atoms with Gasteiger partial charge in [-0.25, -0.2) is 0 Å². The molecule has 0 fully saturated rings. The van der Waals surface area contributed by atoms with Gasteiger partial charge in [-0.1, -0.05) is 41.9 Å². The van der Waals surface area contributed by atoms with E-state index in [0.29, 0.717) is 43.0 Å². The van der Waals surface area contributed by atoms with Gasteiger partial charge in [0.25, 0.3) is 5.91 Å². The molecule has 0 aliphatic carbocycles. The lowest BCUT2D eigenvalue weighted by Gasteiger charge is -2.27. The first-order valence-electron chi connectivity index (χ1n) is 8.46. The van der Waals surface area contributed by atoms with Crippen LogP contribution in [0.1, 0.15) is 21.7 Å². The third kappa shape index (κ3) is 3.20. The van der Waals surface area contributed by atoms with E-state index in [4.69, 9.17) is 16.3 Å². The van der Waals surface area contributed by atoms with Crippen LogP contribution in [0.5, 0.6) is 5.88 Å². The van der Waals surface area contributed by atoms with E-state index in [-0.39, 0.29) is 5.91 Å². The first-order valence-corrected chi connectivity index (χ1v) is 8.83. The van der Waals surface area contributed by atoms with Crippen molar-refractivity contribution in [3.05, 3.63) is 70.6 Å². The fourth-order valence-electron chi connectivity index (χ4n) is 3.08. The molecule has 1 aromatic carbocycles. The number of carbonyl (C=O) groups excluding carboxylic acids is 1. The minimum absolute atomic E-state index is 0.0291. The Labute approximate surface area is 156 Å². The predicted molar refractivity (Wildman–Crippen MR) is 98.2 cm³/mol. The molecule has 0 N–H and O–H groups in total. The Bertz CT molecular complexity index is 932. The molecular weight excluding hydrogens is 352 g/mol. The molecule has 4 rings (SSSR count). The summed E-state index contributed by atoms with van der Waals surface area (Å²) in [5.74, 6) is 0.554. The van der Waals surface area contributed by atoms with Crippen LogP contribution in [0.25, 0.3) is 0 Å². The average molecular weight is 371 g/mol. The standard InChI is InChI=1S/C19H19ClN4O2/c1-22-16(7-8-17(22)20)19(25)23-9-10-24-15(12-23)11-18(21-24)26-13-14-5-3-2-4-6-14/h2-8,11H,9-10,12-13H2,1H3. The van der Waals surface area contributed by atoms with Crippen LogP contribution in [0, 0.1) is 0 Å². The molecule has 134 valence electrons. The molecule has 0 radical (unpaired) electrons. The second-order valence-electron chi connectivity index (χ2n) is 6.30. The van der Waals surface area contributed by atoms with Crippen LogP contribution >= 0.6 is 11.6 Å². The highest BCUT2D eigenvalue weighted by molar-refractivity contribution is 6.30. The van der Waals surface area contributed by atoms with Crippen LogP contribution in [0.3, 0.4) is 0 Å². The molecule has 0 atom stereocenters. The first-order chi connectivity index (χ1) is 12.6. The van der Waals surface area contributed by atoms with Gasteiger partial charge in [-0.05, 0) is 17.7 Å². The van der Waals surface area contributed by atoms with E-state index in [2.05, 4.69) is 5.10 Å². The van der Waals surface area contributed by atoms with Crippen molar-refractivity contribution < 1.29 is 9.53 Å². The quantitative estimate of drug-likeness (QED) is 0.709. The highest BCUT2D eigenvalue weighted by atomic mass is 35.5. The highest BCUT2D eigenvalue weighted by Crippen LogP contribution is 2.21. The molecule has 0 unspecified atom stereocenters. The molecular formula is C19H19ClN4O2. The molecule has 2 aromatic heterocycles. The summed E-state index contributed by atoms with van der Waals surface area (Å²) in [6.45, 7) is 2.23. The van der Waals surface area contributed by atoms with Gasteiger partial charge in [0.05, 0.1) is 18.8 Å². The Morgan fingerprint density at radius 3 is 2.73 bits per heavy atom. The maximum atomic E-state index is 12.7. The van der Waals surface area contributed by atoms with Crippen molar-refractivity contribution in [2.24, 2.45) is 7.05 Å². The molecule has 1 aliphatic heterocycles. The van der Waals surface area contributed by atoms with E-state index in [1.54, 1.807) is 23.7 Å². The lowest BCUT2D eigenvalue weighted by Crippen LogP contribution is -2.39. The predicted octanol–water partition coefficient (Wildman–Crippen LogP) is 3.11. The van der Waals surface area contributed by atoms with Crippen LogP contribution in [-0.4, -0.2) is 31.7 Å². The van der Waals surface area contributed by atoms with Crippen molar-refractivity contribution in [3.63, 3.8) is 0 Å². The fraction of sp³-hybridized carbons (Fsp3) is 0.263. The summed E-state index contributed by atoms with van der Waals surface area (Å²) in [6.07, 6.45) is 0. The number of halogens is 1. The van der Waals surface area contributed by atoms with Gasteiger partial charge in [0.15, 0.2) is 0 Å². The van der Waals surface area contributed by atoms with E-state index in [1.165, 1.54) is 0 Å². The molecule has 0 saturated carbocycles. The number of hydrogen-bond acceptors (Lipinski definition) is 3. The van der Waals surface area contributed by atoms with E-state index in [0.717, 1.165) is 11.3 Å². The summed E-state index contributed by atoms with van der Waals surface area (Å²) < 4.78 is 9.39. The summed E-state index contributed by atoms with van der Waals surface area (Å²) in [4.78, 5) is 14.6. The van der Waals surface area contributed by atoms with Gasteiger partial charge >= 0.3 is 0 Å². The second kappa shape index (κ2) is 6.88. The number of amides is 1. The van der Waals surface area contributed by atoms with Crippen molar-refractivity contribution >= 4 is 17.5 Å². The molecule has 6 nitrogen and oxygen atoms in total. The zero-order valence-corrected chi connectivity index (χ0v) is 15.2. The van der Waals surface area contributed by atoms with Crippen molar-refractivity contribution in [1.82, 2.24) is 19.2 Å². The minimum atomic E-state index is -0.0291. The minimum Gasteiger partial charge on any atom is -0.472 e. The Morgan fingerprint density at radius 1 is 1.19 bits per heavy atom. The number of benzene rings is 1. The van der Waals surface area contributed by atoms with Crippen LogP contribution in [0.15, 0.2) is 48.5 Å². The smallest absolute Gasteiger partial charge is 0.270 e. The highest BCUT2D eigenvalue weighted by Gasteiger charge is 2.25. The van der Waals surface area contributed by atoms with Crippen molar-refractivity contribution in [2.75, 3.05) is 6.54 Å². The maximum absolute atomic E-state index is 12.7. The summed E-state index contributed by atoms with van der Waals surface area (Å²) in [6, 6.07) is 15.4. The second-order valence-corrected chi connectivity index (χ2v) is 6.69. The summed E-state index contributed by atoms with van der Waals surface area (Å²) in [5.41, 5.74) is 2.65. The first kappa shape index (κ1) is 16.7. The van der Waals surface area contributed by atoms with E-state index in [1.807, 2.05) is 46.0 Å². The number of carbonyl (C=O) groups is 1. The molecule has 1 amide bonds. The summed E-state index contributed by atoms with van der Waals surface area (Å²) in [7, 11) is 1.79. The number of aromatic nitrogens is 3. The molecule has 3 aromatic rings. The molecule has 7 heteroatoms. The van der Waals surface area contributed by atoms with Gasteiger partial charge in [0, 0.05) is 19.7 Å². The molecule has 1 aliphatic rings. The lowest BCUT2D eigenvalue weighted by molar-refractivity contribution is 0.0696. The Balaban J connectivity index is 1.45. The van der Waals surface area contributed by atoms with Crippen LogP contribution < -0.4 is 4.74 Å². The normalized spacial score (nSPS) is 13.5. The largest absolute Gasteiger partial charge is 0.472 e. The van der Waals surface area contributed by atoms with Crippen LogP contribution in [0.4, 0.5) is 0 Å². The zero-order chi connectivity index (χ0) is 18.1. The summed E-state index contributed by atoms with van der Waals surface area (Å²) >= 11 is 6.04. The number of fused-ring (bicyclic) bond motifs is 1. The molecule has 0 spiro atoms. The van der Waals surface area contributed by atoms with E-state index < -0.39 is 0 Å². The third-order valence-corrected chi connectivity index (χ3v) is 4.95. The Hall–Kier alpha value is -2.73. The van der Waals surface area contributed by atoms with Gasteiger partial charge in [-0.3, -0.25) is 9.48 Å². The fourth-order valence-corrected chi connectivity index (χ4v) is 3.23. The van der Waals surface area contributed by atoms with Gasteiger partial charge in [0.2, 0.25) is 5.88 Å². The monoisotopic (exact) mass is 370 g/mol.